The molecule has 0 spiro atoms. The van der Waals surface area contributed by atoms with Crippen LogP contribution in [0.1, 0.15) is 24.2 Å². The van der Waals surface area contributed by atoms with Gasteiger partial charge in [-0.2, -0.15) is 0 Å². The first-order chi connectivity index (χ1) is 12.9. The molecule has 1 unspecified atom stereocenters. The molecule has 0 aliphatic carbocycles. The summed E-state index contributed by atoms with van der Waals surface area (Å²) in [6.45, 7) is 1.27. The van der Waals surface area contributed by atoms with Gasteiger partial charge in [0.05, 0.1) is 13.7 Å². The minimum absolute atomic E-state index is 0.103. The molecule has 1 aliphatic heterocycles. The monoisotopic (exact) mass is 376 g/mol. The van der Waals surface area contributed by atoms with Crippen LogP contribution in [-0.2, 0) is 17.9 Å². The van der Waals surface area contributed by atoms with Gasteiger partial charge >= 0.3 is 0 Å². The van der Waals surface area contributed by atoms with Crippen molar-refractivity contribution in [3.63, 3.8) is 0 Å². The van der Waals surface area contributed by atoms with Crippen molar-refractivity contribution in [3.8, 4) is 5.75 Å². The van der Waals surface area contributed by atoms with Gasteiger partial charge < -0.3 is 19.7 Å². The number of rotatable bonds is 7. The van der Waals surface area contributed by atoms with Crippen molar-refractivity contribution >= 4 is 5.91 Å². The van der Waals surface area contributed by atoms with E-state index in [1.807, 2.05) is 11.9 Å². The van der Waals surface area contributed by atoms with Crippen LogP contribution in [0.15, 0.2) is 30.6 Å². The highest BCUT2D eigenvalue weighted by molar-refractivity contribution is 5.86. The van der Waals surface area contributed by atoms with Crippen molar-refractivity contribution in [1.29, 1.82) is 0 Å². The number of methoxy groups -OCH3 is 1. The number of carbonyl (C=O) groups excluding carboxylic acids is 1. The zero-order valence-corrected chi connectivity index (χ0v) is 15.6. The highest BCUT2D eigenvalue weighted by atomic mass is 19.1. The van der Waals surface area contributed by atoms with Crippen molar-refractivity contribution in [2.75, 3.05) is 27.2 Å². The average Bonchev–Trinajstić information content (AvgIpc) is 3.13. The van der Waals surface area contributed by atoms with Crippen molar-refractivity contribution < 1.29 is 19.0 Å². The highest BCUT2D eigenvalue weighted by Gasteiger charge is 2.43. The number of nitrogens with one attached hydrogen (secondary N) is 1. The number of ether oxygens (including phenoxy) is 1. The summed E-state index contributed by atoms with van der Waals surface area (Å²) in [5, 5.41) is 11.0. The summed E-state index contributed by atoms with van der Waals surface area (Å²) >= 11 is 0. The molecule has 0 saturated carbocycles. The van der Waals surface area contributed by atoms with E-state index in [0.717, 1.165) is 5.82 Å². The van der Waals surface area contributed by atoms with Gasteiger partial charge in [0.25, 0.3) is 5.91 Å². The van der Waals surface area contributed by atoms with Crippen LogP contribution < -0.4 is 4.74 Å². The predicted molar refractivity (Wildman–Crippen MR) is 97.5 cm³/mol. The molecule has 7 nitrogen and oxygen atoms in total. The van der Waals surface area contributed by atoms with Crippen LogP contribution in [0.3, 0.4) is 0 Å². The maximum absolute atomic E-state index is 14.1. The Labute approximate surface area is 157 Å². The van der Waals surface area contributed by atoms with Crippen molar-refractivity contribution in [2.24, 2.45) is 0 Å². The molecule has 146 valence electrons. The number of benzene rings is 1. The number of piperidine rings is 1. The highest BCUT2D eigenvalue weighted by Crippen LogP contribution is 2.27. The SMILES string of the molecule is COc1ccc(F)c(CN2CCCC(O)(CN(C)Cc3ncc[nH]3)C2=O)c1. The van der Waals surface area contributed by atoms with Crippen LogP contribution in [0.5, 0.6) is 5.75 Å². The zero-order valence-electron chi connectivity index (χ0n) is 15.6. The molecule has 2 heterocycles. The third-order valence-corrected chi connectivity index (χ3v) is 4.82. The summed E-state index contributed by atoms with van der Waals surface area (Å²) in [4.78, 5) is 23.5. The van der Waals surface area contributed by atoms with E-state index in [0.29, 0.717) is 37.2 Å². The number of aliphatic hydroxyl groups is 1. The molecule has 1 aromatic carbocycles. The molecule has 2 N–H and O–H groups in total. The van der Waals surface area contributed by atoms with Gasteiger partial charge in [-0.15, -0.1) is 0 Å². The summed E-state index contributed by atoms with van der Waals surface area (Å²) in [7, 11) is 3.34. The first kappa shape index (κ1) is 19.3. The summed E-state index contributed by atoms with van der Waals surface area (Å²) in [6.07, 6.45) is 4.43. The number of H-pyrrole nitrogens is 1. The number of aromatic nitrogens is 2. The molecule has 1 saturated heterocycles. The summed E-state index contributed by atoms with van der Waals surface area (Å²) in [6, 6.07) is 4.45. The molecular weight excluding hydrogens is 351 g/mol. The van der Waals surface area contributed by atoms with Gasteiger partial charge in [-0.25, -0.2) is 9.37 Å². The second-order valence-corrected chi connectivity index (χ2v) is 7.03. The maximum atomic E-state index is 14.1. The lowest BCUT2D eigenvalue weighted by Gasteiger charge is -2.40. The molecule has 3 rings (SSSR count). The molecule has 1 aromatic heterocycles. The smallest absolute Gasteiger partial charge is 0.256 e. The van der Waals surface area contributed by atoms with Gasteiger partial charge in [-0.1, -0.05) is 0 Å². The summed E-state index contributed by atoms with van der Waals surface area (Å²) < 4.78 is 19.3. The Balaban J connectivity index is 1.69. The van der Waals surface area contributed by atoms with E-state index < -0.39 is 11.4 Å². The largest absolute Gasteiger partial charge is 0.497 e. The topological polar surface area (TPSA) is 81.7 Å². The summed E-state index contributed by atoms with van der Waals surface area (Å²) in [5.41, 5.74) is -1.12. The van der Waals surface area contributed by atoms with E-state index in [9.17, 15) is 14.3 Å². The number of imidazole rings is 1. The number of likely N-dealkylation sites (N-methyl/N-ethyl adjacent to an activating group) is 1. The molecule has 1 amide bonds. The third kappa shape index (κ3) is 4.45. The van der Waals surface area contributed by atoms with E-state index in [-0.39, 0.29) is 19.0 Å². The molecule has 1 atom stereocenters. The van der Waals surface area contributed by atoms with Crippen LogP contribution in [0.4, 0.5) is 4.39 Å². The van der Waals surface area contributed by atoms with Gasteiger partial charge in [0.15, 0.2) is 5.60 Å². The van der Waals surface area contributed by atoms with Crippen LogP contribution in [0, 0.1) is 5.82 Å². The zero-order chi connectivity index (χ0) is 19.4. The van der Waals surface area contributed by atoms with E-state index in [2.05, 4.69) is 9.97 Å². The van der Waals surface area contributed by atoms with Gasteiger partial charge in [-0.05, 0) is 38.1 Å². The Morgan fingerprint density at radius 3 is 3.00 bits per heavy atom. The standard InChI is InChI=1S/C19H25FN4O3/c1-23(12-17-21-7-8-22-17)13-19(26)6-3-9-24(18(19)25)11-14-10-15(27-2)4-5-16(14)20/h4-5,7-8,10,26H,3,6,9,11-13H2,1-2H3,(H,21,22). The summed E-state index contributed by atoms with van der Waals surface area (Å²) in [5.74, 6) is 0.527. The van der Waals surface area contributed by atoms with E-state index in [4.69, 9.17) is 4.74 Å². The molecule has 0 bridgehead atoms. The van der Waals surface area contributed by atoms with Crippen LogP contribution in [0.25, 0.3) is 0 Å². The fourth-order valence-corrected chi connectivity index (χ4v) is 3.51. The second kappa shape index (κ2) is 8.06. The fourth-order valence-electron chi connectivity index (χ4n) is 3.51. The Hall–Kier alpha value is -2.45. The van der Waals surface area contributed by atoms with Gasteiger partial charge in [0.2, 0.25) is 0 Å². The molecule has 8 heteroatoms. The molecule has 0 radical (unpaired) electrons. The normalized spacial score (nSPS) is 20.3. The van der Waals surface area contributed by atoms with E-state index in [1.165, 1.54) is 24.1 Å². The van der Waals surface area contributed by atoms with E-state index >= 15 is 0 Å². The van der Waals surface area contributed by atoms with Crippen molar-refractivity contribution in [3.05, 3.63) is 47.8 Å². The molecule has 1 aliphatic rings. The van der Waals surface area contributed by atoms with Gasteiger partial charge in [0.1, 0.15) is 17.4 Å². The second-order valence-electron chi connectivity index (χ2n) is 7.03. The number of amides is 1. The molecule has 27 heavy (non-hydrogen) atoms. The first-order valence-corrected chi connectivity index (χ1v) is 8.92. The predicted octanol–water partition coefficient (Wildman–Crippen LogP) is 1.54. The number of carbonyl (C=O) groups is 1. The number of aromatic amines is 1. The number of nitrogens with zero attached hydrogens (tertiary/aromatic N) is 3. The molecular formula is C19H25FN4O3. The number of halogens is 1. The number of likely N-dealkylation sites (tertiary alicyclic amines) is 1. The Morgan fingerprint density at radius 1 is 1.48 bits per heavy atom. The quantitative estimate of drug-likeness (QED) is 0.766. The fraction of sp³-hybridized carbons (Fsp3) is 0.474. The van der Waals surface area contributed by atoms with Crippen LogP contribution in [0.2, 0.25) is 0 Å². The third-order valence-electron chi connectivity index (χ3n) is 4.82. The minimum atomic E-state index is -1.49. The number of hydrogen-bond acceptors (Lipinski definition) is 5. The lowest BCUT2D eigenvalue weighted by Crippen LogP contribution is -2.57. The lowest BCUT2D eigenvalue weighted by molar-refractivity contribution is -0.160. The van der Waals surface area contributed by atoms with E-state index in [1.54, 1.807) is 18.5 Å². The van der Waals surface area contributed by atoms with Gasteiger partial charge in [0, 0.05) is 37.6 Å². The van der Waals surface area contributed by atoms with Gasteiger partial charge in [-0.3, -0.25) is 9.69 Å². The van der Waals surface area contributed by atoms with Crippen molar-refractivity contribution in [1.82, 2.24) is 19.8 Å². The maximum Gasteiger partial charge on any atom is 0.256 e. The van der Waals surface area contributed by atoms with Crippen LogP contribution >= 0.6 is 0 Å². The first-order valence-electron chi connectivity index (χ1n) is 8.92. The molecule has 1 fully saturated rings. The van der Waals surface area contributed by atoms with Crippen molar-refractivity contribution in [2.45, 2.75) is 31.5 Å². The molecule has 2 aromatic rings. The Morgan fingerprint density at radius 2 is 2.30 bits per heavy atom. The average molecular weight is 376 g/mol. The van der Waals surface area contributed by atoms with Crippen LogP contribution in [-0.4, -0.2) is 63.6 Å². The Bertz CT molecular complexity index is 783. The minimum Gasteiger partial charge on any atom is -0.497 e. The Kier molecular flexibility index (Phi) is 5.76. The lowest BCUT2D eigenvalue weighted by atomic mass is 9.90. The number of hydrogen-bond donors (Lipinski definition) is 2.